The molecule has 22 heavy (non-hydrogen) atoms. The molecule has 0 aliphatic heterocycles. The van der Waals surface area contributed by atoms with E-state index < -0.39 is 4.92 Å². The topological polar surface area (TPSA) is 72.4 Å². The number of halogens is 1. The molecule has 0 atom stereocenters. The highest BCUT2D eigenvalue weighted by Crippen LogP contribution is 2.25. The molecular formula is C16H18ClN3O2. The standard InChI is InChI=1S/C16H18ClN3O2/c17-15-7-6-14(10-16(15)20(21)22)12-19(9-8-18)11-13-4-2-1-3-5-13/h1-7,10H,8-9,11-12,18H2. The van der Waals surface area contributed by atoms with Crippen LogP contribution < -0.4 is 5.73 Å². The van der Waals surface area contributed by atoms with Crippen LogP contribution in [0.15, 0.2) is 48.5 Å². The van der Waals surface area contributed by atoms with Gasteiger partial charge in [0, 0.05) is 32.2 Å². The van der Waals surface area contributed by atoms with Crippen molar-refractivity contribution < 1.29 is 4.92 Å². The molecule has 0 fully saturated rings. The lowest BCUT2D eigenvalue weighted by molar-refractivity contribution is -0.384. The van der Waals surface area contributed by atoms with Crippen LogP contribution in [0.2, 0.25) is 5.02 Å². The third-order valence-corrected chi connectivity index (χ3v) is 3.63. The van der Waals surface area contributed by atoms with Crippen molar-refractivity contribution in [1.82, 2.24) is 4.90 Å². The average Bonchev–Trinajstić information content (AvgIpc) is 2.50. The minimum Gasteiger partial charge on any atom is -0.329 e. The summed E-state index contributed by atoms with van der Waals surface area (Å²) in [7, 11) is 0. The van der Waals surface area contributed by atoms with Gasteiger partial charge in [-0.2, -0.15) is 0 Å². The van der Waals surface area contributed by atoms with Gasteiger partial charge >= 0.3 is 0 Å². The summed E-state index contributed by atoms with van der Waals surface area (Å²) >= 11 is 5.84. The molecule has 0 saturated carbocycles. The van der Waals surface area contributed by atoms with Crippen molar-refractivity contribution in [2.45, 2.75) is 13.1 Å². The SMILES string of the molecule is NCCN(Cc1ccccc1)Cc1ccc(Cl)c([N+](=O)[O-])c1. The summed E-state index contributed by atoms with van der Waals surface area (Å²) in [5.74, 6) is 0. The van der Waals surface area contributed by atoms with Gasteiger partial charge in [-0.05, 0) is 17.2 Å². The Bertz CT molecular complexity index is 635. The summed E-state index contributed by atoms with van der Waals surface area (Å²) in [5.41, 5.74) is 7.63. The predicted molar refractivity (Wildman–Crippen MR) is 87.7 cm³/mol. The van der Waals surface area contributed by atoms with Crippen molar-refractivity contribution in [3.63, 3.8) is 0 Å². The van der Waals surface area contributed by atoms with Gasteiger partial charge in [-0.25, -0.2) is 0 Å². The highest BCUT2D eigenvalue weighted by molar-refractivity contribution is 6.32. The fourth-order valence-electron chi connectivity index (χ4n) is 2.29. The fraction of sp³-hybridized carbons (Fsp3) is 0.250. The molecule has 0 aromatic heterocycles. The molecule has 0 saturated heterocycles. The van der Waals surface area contributed by atoms with Crippen molar-refractivity contribution in [2.24, 2.45) is 5.73 Å². The van der Waals surface area contributed by atoms with E-state index in [4.69, 9.17) is 17.3 Å². The molecule has 0 aliphatic carbocycles. The lowest BCUT2D eigenvalue weighted by Crippen LogP contribution is -2.28. The maximum absolute atomic E-state index is 11.0. The van der Waals surface area contributed by atoms with Crippen LogP contribution in [0, 0.1) is 10.1 Å². The molecule has 0 amide bonds. The first-order valence-corrected chi connectivity index (χ1v) is 7.37. The maximum atomic E-state index is 11.0. The molecule has 0 radical (unpaired) electrons. The Kier molecular flexibility index (Phi) is 5.89. The van der Waals surface area contributed by atoms with Gasteiger partial charge in [0.25, 0.3) is 5.69 Å². The Hall–Kier alpha value is -1.95. The number of hydrogen-bond donors (Lipinski definition) is 1. The molecule has 0 aliphatic rings. The molecule has 0 spiro atoms. The summed E-state index contributed by atoms with van der Waals surface area (Å²) in [6, 6.07) is 15.0. The van der Waals surface area contributed by atoms with Gasteiger partial charge in [-0.1, -0.05) is 48.0 Å². The van der Waals surface area contributed by atoms with Crippen LogP contribution in [0.5, 0.6) is 0 Å². The van der Waals surface area contributed by atoms with Crippen molar-refractivity contribution >= 4 is 17.3 Å². The third-order valence-electron chi connectivity index (χ3n) is 3.31. The Labute approximate surface area is 134 Å². The third kappa shape index (κ3) is 4.53. The zero-order valence-corrected chi connectivity index (χ0v) is 12.9. The molecule has 0 bridgehead atoms. The van der Waals surface area contributed by atoms with Crippen molar-refractivity contribution in [3.05, 3.63) is 74.8 Å². The van der Waals surface area contributed by atoms with E-state index in [0.717, 1.165) is 12.1 Å². The van der Waals surface area contributed by atoms with Gasteiger partial charge in [-0.15, -0.1) is 0 Å². The predicted octanol–water partition coefficient (Wildman–Crippen LogP) is 3.21. The molecule has 0 heterocycles. The zero-order chi connectivity index (χ0) is 15.9. The minimum absolute atomic E-state index is 0.0634. The van der Waals surface area contributed by atoms with Crippen molar-refractivity contribution in [1.29, 1.82) is 0 Å². The Balaban J connectivity index is 2.14. The number of nitro groups is 1. The second-order valence-corrected chi connectivity index (χ2v) is 5.44. The summed E-state index contributed by atoms with van der Waals surface area (Å²) in [6.45, 7) is 2.58. The van der Waals surface area contributed by atoms with Gasteiger partial charge < -0.3 is 5.73 Å². The number of nitrogens with two attached hydrogens (primary N) is 1. The zero-order valence-electron chi connectivity index (χ0n) is 12.1. The van der Waals surface area contributed by atoms with Crippen molar-refractivity contribution in [3.8, 4) is 0 Å². The van der Waals surface area contributed by atoms with Crippen LogP contribution in [-0.4, -0.2) is 22.9 Å². The van der Waals surface area contributed by atoms with Gasteiger partial charge in [-0.3, -0.25) is 15.0 Å². The molecule has 2 rings (SSSR count). The number of nitro benzene ring substituents is 1. The van der Waals surface area contributed by atoms with E-state index in [1.54, 1.807) is 6.07 Å². The second-order valence-electron chi connectivity index (χ2n) is 5.03. The van der Waals surface area contributed by atoms with Crippen LogP contribution in [0.4, 0.5) is 5.69 Å². The first-order chi connectivity index (χ1) is 10.6. The van der Waals surface area contributed by atoms with Gasteiger partial charge in [0.15, 0.2) is 0 Å². The number of benzene rings is 2. The number of rotatable bonds is 7. The largest absolute Gasteiger partial charge is 0.329 e. The minimum atomic E-state index is -0.462. The fourth-order valence-corrected chi connectivity index (χ4v) is 2.48. The molecule has 116 valence electrons. The molecule has 5 nitrogen and oxygen atoms in total. The van der Waals surface area contributed by atoms with Crippen LogP contribution in [-0.2, 0) is 13.1 Å². The molecule has 0 unspecified atom stereocenters. The lowest BCUT2D eigenvalue weighted by Gasteiger charge is -2.21. The van der Waals surface area contributed by atoms with E-state index in [1.165, 1.54) is 11.6 Å². The first kappa shape index (κ1) is 16.4. The molecule has 6 heteroatoms. The van der Waals surface area contributed by atoms with Crippen LogP contribution in [0.3, 0.4) is 0 Å². The molecule has 2 aromatic rings. The van der Waals surface area contributed by atoms with E-state index >= 15 is 0 Å². The lowest BCUT2D eigenvalue weighted by atomic mass is 10.1. The molecule has 2 aromatic carbocycles. The summed E-state index contributed by atoms with van der Waals surface area (Å²) in [6.07, 6.45) is 0. The normalized spacial score (nSPS) is 10.9. The van der Waals surface area contributed by atoms with E-state index in [-0.39, 0.29) is 10.7 Å². The van der Waals surface area contributed by atoms with E-state index in [2.05, 4.69) is 4.90 Å². The number of hydrogen-bond acceptors (Lipinski definition) is 4. The van der Waals surface area contributed by atoms with Crippen LogP contribution >= 0.6 is 11.6 Å². The first-order valence-electron chi connectivity index (χ1n) is 6.99. The van der Waals surface area contributed by atoms with Crippen LogP contribution in [0.1, 0.15) is 11.1 Å². The summed E-state index contributed by atoms with van der Waals surface area (Å²) in [5, 5.41) is 11.1. The number of nitrogens with zero attached hydrogens (tertiary/aromatic N) is 2. The smallest absolute Gasteiger partial charge is 0.288 e. The highest BCUT2D eigenvalue weighted by Gasteiger charge is 2.14. The quantitative estimate of drug-likeness (QED) is 0.628. The molecule has 2 N–H and O–H groups in total. The second kappa shape index (κ2) is 7.89. The Morgan fingerprint density at radius 3 is 2.41 bits per heavy atom. The average molecular weight is 320 g/mol. The van der Waals surface area contributed by atoms with E-state index in [0.29, 0.717) is 19.6 Å². The Morgan fingerprint density at radius 2 is 1.77 bits per heavy atom. The maximum Gasteiger partial charge on any atom is 0.288 e. The summed E-state index contributed by atoms with van der Waals surface area (Å²) < 4.78 is 0. The van der Waals surface area contributed by atoms with Crippen molar-refractivity contribution in [2.75, 3.05) is 13.1 Å². The molecular weight excluding hydrogens is 302 g/mol. The van der Waals surface area contributed by atoms with Gasteiger partial charge in [0.1, 0.15) is 5.02 Å². The highest BCUT2D eigenvalue weighted by atomic mass is 35.5. The summed E-state index contributed by atoms with van der Waals surface area (Å²) in [4.78, 5) is 12.7. The van der Waals surface area contributed by atoms with E-state index in [1.807, 2.05) is 36.4 Å². The monoisotopic (exact) mass is 319 g/mol. The van der Waals surface area contributed by atoms with Gasteiger partial charge in [0.05, 0.1) is 4.92 Å². The Morgan fingerprint density at radius 1 is 1.09 bits per heavy atom. The van der Waals surface area contributed by atoms with Crippen LogP contribution in [0.25, 0.3) is 0 Å². The van der Waals surface area contributed by atoms with Gasteiger partial charge in [0.2, 0.25) is 0 Å². The van der Waals surface area contributed by atoms with E-state index in [9.17, 15) is 10.1 Å².